The molecule has 0 spiro atoms. The van der Waals surface area contributed by atoms with Crippen LogP contribution in [0.15, 0.2) is 30.3 Å². The summed E-state index contributed by atoms with van der Waals surface area (Å²) in [5.41, 5.74) is 1.39. The van der Waals surface area contributed by atoms with Gasteiger partial charge in [0.15, 0.2) is 0 Å². The van der Waals surface area contributed by atoms with Crippen LogP contribution in [-0.2, 0) is 14.5 Å². The monoisotopic (exact) mass is 410 g/mol. The largest absolute Gasteiger partial charge is 0.472 e. The molecule has 3 rings (SSSR count). The first kappa shape index (κ1) is 18.0. The maximum Gasteiger partial charge on any atom is 0.336 e. The number of rotatable bonds is 4. The van der Waals surface area contributed by atoms with Gasteiger partial charge in [-0.3, -0.25) is 4.18 Å². The molecule has 1 aromatic heterocycles. The number of benzene rings is 1. The van der Waals surface area contributed by atoms with Crippen molar-refractivity contribution in [3.8, 4) is 5.88 Å². The van der Waals surface area contributed by atoms with Crippen LogP contribution >= 0.6 is 34.8 Å². The molecule has 2 heterocycles. The molecule has 130 valence electrons. The van der Waals surface area contributed by atoms with E-state index in [2.05, 4.69) is 9.71 Å². The Kier molecular flexibility index (Phi) is 4.85. The minimum atomic E-state index is -4.14. The van der Waals surface area contributed by atoms with Crippen molar-refractivity contribution < 1.29 is 17.3 Å². The molecule has 0 aliphatic carbocycles. The Balaban J connectivity index is 1.87. The van der Waals surface area contributed by atoms with Gasteiger partial charge >= 0.3 is 10.3 Å². The predicted octanol–water partition coefficient (Wildman–Crippen LogP) is 3.28. The lowest BCUT2D eigenvalue weighted by Crippen LogP contribution is -2.36. The molecule has 0 saturated carbocycles. The van der Waals surface area contributed by atoms with Crippen molar-refractivity contribution in [1.29, 1.82) is 0 Å². The third kappa shape index (κ3) is 4.04. The minimum Gasteiger partial charge on any atom is -0.472 e. The van der Waals surface area contributed by atoms with E-state index < -0.39 is 32.8 Å². The summed E-state index contributed by atoms with van der Waals surface area (Å²) in [6.45, 7) is 1.13. The molecule has 0 saturated heterocycles. The second-order valence-corrected chi connectivity index (χ2v) is 9.22. The van der Waals surface area contributed by atoms with Crippen LogP contribution in [0, 0.1) is 0 Å². The van der Waals surface area contributed by atoms with E-state index in [9.17, 15) is 8.42 Å². The molecule has 0 bridgehead atoms. The van der Waals surface area contributed by atoms with Gasteiger partial charge in [0.25, 0.3) is 0 Å². The van der Waals surface area contributed by atoms with Crippen molar-refractivity contribution in [1.82, 2.24) is 9.71 Å². The third-order valence-corrected chi connectivity index (χ3v) is 4.77. The average Bonchev–Trinajstić information content (AvgIpc) is 2.77. The number of nitrogens with one attached hydrogen (secondary N) is 1. The van der Waals surface area contributed by atoms with Gasteiger partial charge in [-0.2, -0.15) is 13.1 Å². The highest BCUT2D eigenvalue weighted by atomic mass is 35.6. The molecule has 2 aromatic rings. The van der Waals surface area contributed by atoms with Gasteiger partial charge < -0.3 is 4.74 Å². The van der Waals surface area contributed by atoms with Crippen LogP contribution in [0.2, 0.25) is 0 Å². The standard InChI is InChI=1S/C14H13Cl3N2O4S/c1-8-12(19-24(20,21)22-7-14(15,16)17)10-6-9-4-2-3-5-11(9)18-13(10)23-8/h2-6,8,12,19H,7H2,1H3/t8-,12-/m1/s1. The normalized spacial score (nSPS) is 20.8. The number of ether oxygens (including phenoxy) is 1. The average molecular weight is 412 g/mol. The van der Waals surface area contributed by atoms with Crippen molar-refractivity contribution >= 4 is 56.0 Å². The summed E-state index contributed by atoms with van der Waals surface area (Å²) in [5.74, 6) is 0.385. The summed E-state index contributed by atoms with van der Waals surface area (Å²) >= 11 is 16.5. The lowest BCUT2D eigenvalue weighted by Gasteiger charge is -2.17. The van der Waals surface area contributed by atoms with E-state index in [1.807, 2.05) is 30.3 Å². The van der Waals surface area contributed by atoms with Crippen LogP contribution in [0.25, 0.3) is 10.9 Å². The number of para-hydroxylation sites is 1. The number of aromatic nitrogens is 1. The van der Waals surface area contributed by atoms with E-state index in [-0.39, 0.29) is 0 Å². The number of nitrogens with zero attached hydrogens (tertiary/aromatic N) is 1. The van der Waals surface area contributed by atoms with Crippen LogP contribution in [0.4, 0.5) is 0 Å². The van der Waals surface area contributed by atoms with Crippen molar-refractivity contribution in [2.24, 2.45) is 0 Å². The van der Waals surface area contributed by atoms with Crippen molar-refractivity contribution in [2.75, 3.05) is 6.61 Å². The first-order valence-corrected chi connectivity index (χ1v) is 9.49. The van der Waals surface area contributed by atoms with Crippen molar-refractivity contribution in [3.63, 3.8) is 0 Å². The fourth-order valence-corrected chi connectivity index (χ4v) is 3.81. The number of fused-ring (bicyclic) bond motifs is 2. The van der Waals surface area contributed by atoms with Crippen LogP contribution < -0.4 is 9.46 Å². The van der Waals surface area contributed by atoms with Gasteiger partial charge in [-0.05, 0) is 19.1 Å². The Hall–Kier alpha value is -0.830. The molecule has 6 nitrogen and oxygen atoms in total. The topological polar surface area (TPSA) is 77.5 Å². The van der Waals surface area contributed by atoms with Crippen LogP contribution in [0.1, 0.15) is 18.5 Å². The molecule has 24 heavy (non-hydrogen) atoms. The van der Waals surface area contributed by atoms with Crippen molar-refractivity contribution in [3.05, 3.63) is 35.9 Å². The molecule has 0 unspecified atom stereocenters. The molecule has 0 amide bonds. The van der Waals surface area contributed by atoms with Crippen LogP contribution in [-0.4, -0.2) is 29.9 Å². The van der Waals surface area contributed by atoms with E-state index in [0.717, 1.165) is 10.9 Å². The van der Waals surface area contributed by atoms with Crippen LogP contribution in [0.3, 0.4) is 0 Å². The Morgan fingerprint density at radius 3 is 2.75 bits per heavy atom. The maximum absolute atomic E-state index is 12.1. The van der Waals surface area contributed by atoms with Crippen molar-refractivity contribution in [2.45, 2.75) is 22.9 Å². The Bertz CT molecular complexity index is 870. The molecule has 1 aromatic carbocycles. The quantitative estimate of drug-likeness (QED) is 0.781. The molecular weight excluding hydrogens is 399 g/mol. The maximum atomic E-state index is 12.1. The smallest absolute Gasteiger partial charge is 0.336 e. The predicted molar refractivity (Wildman–Crippen MR) is 92.9 cm³/mol. The van der Waals surface area contributed by atoms with Gasteiger partial charge in [-0.1, -0.05) is 53.0 Å². The Morgan fingerprint density at radius 1 is 1.33 bits per heavy atom. The summed E-state index contributed by atoms with van der Waals surface area (Å²) in [6.07, 6.45) is -0.463. The zero-order valence-corrected chi connectivity index (χ0v) is 15.5. The summed E-state index contributed by atoms with van der Waals surface area (Å²) in [7, 11) is -4.14. The van der Waals surface area contributed by atoms with Gasteiger partial charge in [0.1, 0.15) is 12.7 Å². The Morgan fingerprint density at radius 2 is 2.04 bits per heavy atom. The molecule has 1 aliphatic rings. The van der Waals surface area contributed by atoms with Gasteiger partial charge in [0.05, 0.1) is 11.6 Å². The van der Waals surface area contributed by atoms with E-state index in [1.165, 1.54) is 0 Å². The Labute approximate surface area is 154 Å². The number of hydrogen-bond donors (Lipinski definition) is 1. The summed E-state index contributed by atoms with van der Waals surface area (Å²) < 4.78 is 35.1. The fraction of sp³-hybridized carbons (Fsp3) is 0.357. The molecule has 10 heteroatoms. The number of hydrogen-bond acceptors (Lipinski definition) is 5. The molecule has 1 aliphatic heterocycles. The lowest BCUT2D eigenvalue weighted by molar-refractivity contribution is 0.210. The number of alkyl halides is 3. The van der Waals surface area contributed by atoms with Gasteiger partial charge in [-0.25, -0.2) is 4.98 Å². The fourth-order valence-electron chi connectivity index (χ4n) is 2.42. The highest BCUT2D eigenvalue weighted by molar-refractivity contribution is 7.84. The number of halogens is 3. The SMILES string of the molecule is C[C@H]1Oc2nc3ccccc3cc2[C@@H]1NS(=O)(=O)OCC(Cl)(Cl)Cl. The number of pyridine rings is 1. The van der Waals surface area contributed by atoms with E-state index in [1.54, 1.807) is 6.92 Å². The molecule has 1 N–H and O–H groups in total. The third-order valence-electron chi connectivity index (χ3n) is 3.47. The van der Waals surface area contributed by atoms with Gasteiger partial charge in [0.2, 0.25) is 9.67 Å². The highest BCUT2D eigenvalue weighted by Gasteiger charge is 2.36. The second kappa shape index (κ2) is 6.48. The zero-order valence-electron chi connectivity index (χ0n) is 12.4. The lowest BCUT2D eigenvalue weighted by atomic mass is 10.1. The first-order chi connectivity index (χ1) is 11.1. The molecular formula is C14H13Cl3N2O4S. The summed E-state index contributed by atoms with van der Waals surface area (Å²) in [4.78, 5) is 4.41. The highest BCUT2D eigenvalue weighted by Crippen LogP contribution is 2.37. The van der Waals surface area contributed by atoms with Gasteiger partial charge in [-0.15, -0.1) is 0 Å². The minimum absolute atomic E-state index is 0.385. The molecule has 2 atom stereocenters. The molecule has 0 radical (unpaired) electrons. The van der Waals surface area contributed by atoms with E-state index in [0.29, 0.717) is 11.4 Å². The summed E-state index contributed by atoms with van der Waals surface area (Å²) in [5, 5.41) is 0.875. The van der Waals surface area contributed by atoms with E-state index >= 15 is 0 Å². The van der Waals surface area contributed by atoms with E-state index in [4.69, 9.17) is 43.7 Å². The van der Waals surface area contributed by atoms with Crippen LogP contribution in [0.5, 0.6) is 5.88 Å². The summed E-state index contributed by atoms with van der Waals surface area (Å²) in [6, 6.07) is 8.66. The van der Waals surface area contributed by atoms with Gasteiger partial charge in [0, 0.05) is 10.9 Å². The molecule has 0 fully saturated rings. The zero-order chi connectivity index (χ0) is 17.5. The second-order valence-electron chi connectivity index (χ2n) is 5.33. The first-order valence-electron chi connectivity index (χ1n) is 6.94.